The van der Waals surface area contributed by atoms with Crippen molar-refractivity contribution in [3.63, 3.8) is 0 Å². The van der Waals surface area contributed by atoms with Gasteiger partial charge in [-0.05, 0) is 24.3 Å². The molecule has 0 aliphatic heterocycles. The maximum absolute atomic E-state index is 12.4. The number of alkyl halides is 1. The van der Waals surface area contributed by atoms with Crippen molar-refractivity contribution in [2.75, 3.05) is 5.88 Å². The van der Waals surface area contributed by atoms with Crippen molar-refractivity contribution < 1.29 is 14.2 Å². The van der Waals surface area contributed by atoms with Crippen LogP contribution in [-0.4, -0.2) is 17.3 Å². The maximum Gasteiger partial charge on any atom is 0.211 e. The van der Waals surface area contributed by atoms with Crippen LogP contribution in [0, 0.1) is 5.82 Å². The lowest BCUT2D eigenvalue weighted by molar-refractivity contribution is 0.00265. The summed E-state index contributed by atoms with van der Waals surface area (Å²) in [7, 11) is 0. The van der Waals surface area contributed by atoms with Gasteiger partial charge in [0.25, 0.3) is 0 Å². The summed E-state index contributed by atoms with van der Waals surface area (Å²) in [6, 6.07) is 5.34. The second-order valence-corrected chi connectivity index (χ2v) is 2.49. The van der Waals surface area contributed by atoms with E-state index in [-0.39, 0.29) is 11.7 Å². The molecule has 0 bridgehead atoms. The summed E-state index contributed by atoms with van der Waals surface area (Å²) in [5.74, 6) is 0.0319. The van der Waals surface area contributed by atoms with Crippen molar-refractivity contribution in [1.82, 2.24) is 0 Å². The molecule has 2 nitrogen and oxygen atoms in total. The first-order chi connectivity index (χ1) is 5.72. The van der Waals surface area contributed by atoms with E-state index in [4.69, 9.17) is 21.4 Å². The SMILES string of the molecule is OC(CCl)Oc1ccc(F)cc1. The topological polar surface area (TPSA) is 29.5 Å². The van der Waals surface area contributed by atoms with Crippen LogP contribution in [0.25, 0.3) is 0 Å². The minimum absolute atomic E-state index is 0.0165. The van der Waals surface area contributed by atoms with E-state index in [2.05, 4.69) is 0 Å². The molecule has 4 heteroatoms. The van der Waals surface area contributed by atoms with Crippen LogP contribution < -0.4 is 4.74 Å². The van der Waals surface area contributed by atoms with E-state index in [9.17, 15) is 4.39 Å². The van der Waals surface area contributed by atoms with Gasteiger partial charge in [0.05, 0.1) is 5.88 Å². The third-order valence-corrected chi connectivity index (χ3v) is 1.48. The van der Waals surface area contributed by atoms with Crippen molar-refractivity contribution in [3.8, 4) is 5.75 Å². The molecule has 0 heterocycles. The van der Waals surface area contributed by atoms with Gasteiger partial charge in [-0.2, -0.15) is 0 Å². The Kier molecular flexibility index (Phi) is 3.31. The fraction of sp³-hybridized carbons (Fsp3) is 0.250. The number of aliphatic hydroxyl groups excluding tert-OH is 1. The van der Waals surface area contributed by atoms with E-state index in [1.807, 2.05) is 0 Å². The molecule has 66 valence electrons. The van der Waals surface area contributed by atoms with Gasteiger partial charge in [-0.3, -0.25) is 0 Å². The van der Waals surface area contributed by atoms with Gasteiger partial charge >= 0.3 is 0 Å². The van der Waals surface area contributed by atoms with Gasteiger partial charge in [0, 0.05) is 0 Å². The lowest BCUT2D eigenvalue weighted by Crippen LogP contribution is -2.16. The number of ether oxygens (including phenoxy) is 1. The van der Waals surface area contributed by atoms with Crippen LogP contribution in [0.3, 0.4) is 0 Å². The second-order valence-electron chi connectivity index (χ2n) is 2.18. The highest BCUT2D eigenvalue weighted by Crippen LogP contribution is 2.12. The quantitative estimate of drug-likeness (QED) is 0.582. The molecule has 0 aromatic heterocycles. The first-order valence-corrected chi connectivity index (χ1v) is 3.92. The highest BCUT2D eigenvalue weighted by Gasteiger charge is 2.02. The Morgan fingerprint density at radius 2 is 2.00 bits per heavy atom. The van der Waals surface area contributed by atoms with Gasteiger partial charge in [0.1, 0.15) is 11.6 Å². The molecule has 0 amide bonds. The summed E-state index contributed by atoms with van der Waals surface area (Å²) in [5.41, 5.74) is 0. The second kappa shape index (κ2) is 4.28. The fourth-order valence-electron chi connectivity index (χ4n) is 0.702. The standard InChI is InChI=1S/C8H8ClFO2/c9-5-8(11)12-7-3-1-6(10)2-4-7/h1-4,8,11H,5H2. The van der Waals surface area contributed by atoms with Crippen molar-refractivity contribution >= 4 is 11.6 Å². The Balaban J connectivity index is 2.58. The molecule has 0 aliphatic carbocycles. The van der Waals surface area contributed by atoms with Crippen LogP contribution in [0.5, 0.6) is 5.75 Å². The zero-order valence-electron chi connectivity index (χ0n) is 6.21. The minimum atomic E-state index is -1.04. The Bertz CT molecular complexity index is 237. The van der Waals surface area contributed by atoms with Crippen molar-refractivity contribution in [3.05, 3.63) is 30.1 Å². The Morgan fingerprint density at radius 3 is 2.50 bits per heavy atom. The summed E-state index contributed by atoms with van der Waals surface area (Å²) < 4.78 is 17.2. The number of halogens is 2. The van der Waals surface area contributed by atoms with Crippen molar-refractivity contribution in [2.45, 2.75) is 6.29 Å². The molecule has 1 N–H and O–H groups in total. The number of benzene rings is 1. The summed E-state index contributed by atoms with van der Waals surface area (Å²) in [5, 5.41) is 8.93. The number of hydrogen-bond donors (Lipinski definition) is 1. The van der Waals surface area contributed by atoms with Gasteiger partial charge in [-0.25, -0.2) is 4.39 Å². The van der Waals surface area contributed by atoms with E-state index in [0.29, 0.717) is 5.75 Å². The molecule has 0 spiro atoms. The summed E-state index contributed by atoms with van der Waals surface area (Å²) in [6.07, 6.45) is -1.04. The maximum atomic E-state index is 12.4. The molecule has 1 aromatic rings. The van der Waals surface area contributed by atoms with Crippen LogP contribution in [0.15, 0.2) is 24.3 Å². The Labute approximate surface area is 74.5 Å². The van der Waals surface area contributed by atoms with E-state index >= 15 is 0 Å². The van der Waals surface area contributed by atoms with Crippen LogP contribution in [0.1, 0.15) is 0 Å². The largest absolute Gasteiger partial charge is 0.464 e. The number of aliphatic hydroxyl groups is 1. The highest BCUT2D eigenvalue weighted by atomic mass is 35.5. The number of hydrogen-bond acceptors (Lipinski definition) is 2. The van der Waals surface area contributed by atoms with E-state index in [1.165, 1.54) is 24.3 Å². The lowest BCUT2D eigenvalue weighted by Gasteiger charge is -2.09. The lowest BCUT2D eigenvalue weighted by atomic mass is 10.3. The molecule has 0 fully saturated rings. The van der Waals surface area contributed by atoms with Crippen LogP contribution >= 0.6 is 11.6 Å². The van der Waals surface area contributed by atoms with Gasteiger partial charge in [0.15, 0.2) is 0 Å². The van der Waals surface area contributed by atoms with E-state index in [1.54, 1.807) is 0 Å². The molecular formula is C8H8ClFO2. The van der Waals surface area contributed by atoms with Crippen LogP contribution in [-0.2, 0) is 0 Å². The first-order valence-electron chi connectivity index (χ1n) is 3.38. The zero-order chi connectivity index (χ0) is 8.97. The van der Waals surface area contributed by atoms with Crippen molar-refractivity contribution in [2.24, 2.45) is 0 Å². The first kappa shape index (κ1) is 9.29. The predicted molar refractivity (Wildman–Crippen MR) is 43.8 cm³/mol. The molecule has 0 saturated heterocycles. The van der Waals surface area contributed by atoms with E-state index < -0.39 is 6.29 Å². The van der Waals surface area contributed by atoms with Crippen LogP contribution in [0.4, 0.5) is 4.39 Å². The molecule has 0 aliphatic rings. The third-order valence-electron chi connectivity index (χ3n) is 1.22. The molecule has 1 unspecified atom stereocenters. The van der Waals surface area contributed by atoms with Gasteiger partial charge < -0.3 is 9.84 Å². The summed E-state index contributed by atoms with van der Waals surface area (Å²) in [6.45, 7) is 0. The monoisotopic (exact) mass is 190 g/mol. The summed E-state index contributed by atoms with van der Waals surface area (Å²) in [4.78, 5) is 0. The van der Waals surface area contributed by atoms with Crippen molar-refractivity contribution in [1.29, 1.82) is 0 Å². The predicted octanol–water partition coefficient (Wildman–Crippen LogP) is 1.76. The van der Waals surface area contributed by atoms with Gasteiger partial charge in [-0.15, -0.1) is 11.6 Å². The molecule has 0 saturated carbocycles. The highest BCUT2D eigenvalue weighted by molar-refractivity contribution is 6.18. The smallest absolute Gasteiger partial charge is 0.211 e. The van der Waals surface area contributed by atoms with Gasteiger partial charge in [0.2, 0.25) is 6.29 Å². The van der Waals surface area contributed by atoms with E-state index in [0.717, 1.165) is 0 Å². The number of rotatable bonds is 3. The molecule has 1 atom stereocenters. The molecule has 12 heavy (non-hydrogen) atoms. The Hall–Kier alpha value is -0.800. The molecule has 1 aromatic carbocycles. The minimum Gasteiger partial charge on any atom is -0.464 e. The fourth-order valence-corrected chi connectivity index (χ4v) is 0.765. The zero-order valence-corrected chi connectivity index (χ0v) is 6.96. The normalized spacial score (nSPS) is 12.6. The summed E-state index contributed by atoms with van der Waals surface area (Å²) >= 11 is 5.28. The van der Waals surface area contributed by atoms with Crippen LogP contribution in [0.2, 0.25) is 0 Å². The average molecular weight is 191 g/mol. The third kappa shape index (κ3) is 2.68. The molecule has 0 radical (unpaired) electrons. The molecular weight excluding hydrogens is 183 g/mol. The Morgan fingerprint density at radius 1 is 1.42 bits per heavy atom. The van der Waals surface area contributed by atoms with Gasteiger partial charge in [-0.1, -0.05) is 0 Å². The average Bonchev–Trinajstić information content (AvgIpc) is 2.09. The molecule has 1 rings (SSSR count).